The zero-order valence-corrected chi connectivity index (χ0v) is 11.1. The van der Waals surface area contributed by atoms with Crippen LogP contribution in [0.15, 0.2) is 24.3 Å². The summed E-state index contributed by atoms with van der Waals surface area (Å²) >= 11 is 0. The van der Waals surface area contributed by atoms with Crippen molar-refractivity contribution in [2.75, 3.05) is 5.73 Å². The summed E-state index contributed by atoms with van der Waals surface area (Å²) in [4.78, 5) is 10.9. The molecule has 0 unspecified atom stereocenters. The third-order valence-electron chi connectivity index (χ3n) is 3.06. The van der Waals surface area contributed by atoms with Crippen molar-refractivity contribution in [2.45, 2.75) is 26.7 Å². The van der Waals surface area contributed by atoms with Gasteiger partial charge in [-0.25, -0.2) is 9.48 Å². The van der Waals surface area contributed by atoms with E-state index in [1.54, 1.807) is 16.8 Å². The number of anilines is 1. The van der Waals surface area contributed by atoms with Gasteiger partial charge in [0.05, 0.1) is 22.6 Å². The normalized spacial score (nSPS) is 10.6. The molecular formula is C14H17N3O2. The molecule has 0 saturated heterocycles. The number of aryl methyl sites for hydroxylation is 2. The van der Waals surface area contributed by atoms with Crippen LogP contribution < -0.4 is 5.73 Å². The van der Waals surface area contributed by atoms with Crippen molar-refractivity contribution in [2.24, 2.45) is 0 Å². The van der Waals surface area contributed by atoms with Crippen molar-refractivity contribution in [1.82, 2.24) is 9.78 Å². The molecule has 0 atom stereocenters. The Labute approximate surface area is 111 Å². The lowest BCUT2D eigenvalue weighted by molar-refractivity contribution is 0.0697. The predicted octanol–water partition coefficient (Wildman–Crippen LogP) is 2.28. The fourth-order valence-electron chi connectivity index (χ4n) is 1.99. The van der Waals surface area contributed by atoms with Gasteiger partial charge in [-0.1, -0.05) is 13.8 Å². The molecule has 0 bridgehead atoms. The Morgan fingerprint density at radius 3 is 2.58 bits per heavy atom. The molecule has 1 heterocycles. The topological polar surface area (TPSA) is 81.1 Å². The smallest absolute Gasteiger partial charge is 0.335 e. The number of nitrogen functional groups attached to an aromatic ring is 1. The first-order valence-electron chi connectivity index (χ1n) is 6.27. The summed E-state index contributed by atoms with van der Waals surface area (Å²) in [6, 6.07) is 6.75. The van der Waals surface area contributed by atoms with E-state index in [-0.39, 0.29) is 5.56 Å². The van der Waals surface area contributed by atoms with Gasteiger partial charge in [-0.2, -0.15) is 5.10 Å². The molecule has 0 aliphatic rings. The Morgan fingerprint density at radius 2 is 2.05 bits per heavy atom. The summed E-state index contributed by atoms with van der Waals surface area (Å²) < 4.78 is 1.79. The van der Waals surface area contributed by atoms with E-state index in [1.165, 1.54) is 6.07 Å². The standard InChI is InChI=1S/C14H17N3O2/c1-3-10-8-11(4-2)17(16-10)13-6-5-9(14(18)19)7-12(13)15/h5-8H,3-4,15H2,1-2H3,(H,18,19). The Balaban J connectivity index is 2.52. The molecule has 5 nitrogen and oxygen atoms in total. The van der Waals surface area contributed by atoms with Crippen LogP contribution in [0.1, 0.15) is 35.6 Å². The first-order chi connectivity index (χ1) is 9.06. The van der Waals surface area contributed by atoms with Crippen LogP contribution in [-0.2, 0) is 12.8 Å². The second-order valence-electron chi connectivity index (χ2n) is 4.32. The van der Waals surface area contributed by atoms with Gasteiger partial charge in [0, 0.05) is 5.69 Å². The maximum atomic E-state index is 10.9. The summed E-state index contributed by atoms with van der Waals surface area (Å²) in [5.74, 6) is -0.983. The Morgan fingerprint density at radius 1 is 1.32 bits per heavy atom. The molecule has 3 N–H and O–H groups in total. The SMILES string of the molecule is CCc1cc(CC)n(-c2ccc(C(=O)O)cc2N)n1. The van der Waals surface area contributed by atoms with Crippen LogP contribution >= 0.6 is 0 Å². The highest BCUT2D eigenvalue weighted by atomic mass is 16.4. The molecule has 0 saturated carbocycles. The predicted molar refractivity (Wildman–Crippen MR) is 73.7 cm³/mol. The number of nitrogens with two attached hydrogens (primary N) is 1. The highest BCUT2D eigenvalue weighted by molar-refractivity contribution is 5.89. The van der Waals surface area contributed by atoms with Crippen LogP contribution in [0, 0.1) is 0 Å². The second kappa shape index (κ2) is 5.14. The van der Waals surface area contributed by atoms with Crippen LogP contribution in [0.5, 0.6) is 0 Å². The second-order valence-corrected chi connectivity index (χ2v) is 4.32. The lowest BCUT2D eigenvalue weighted by atomic mass is 10.1. The number of nitrogens with zero attached hydrogens (tertiary/aromatic N) is 2. The van der Waals surface area contributed by atoms with Gasteiger partial charge in [0.15, 0.2) is 0 Å². The molecule has 1 aromatic carbocycles. The molecule has 2 aromatic rings. The average Bonchev–Trinajstić information content (AvgIpc) is 2.81. The van der Waals surface area contributed by atoms with Gasteiger partial charge in [-0.15, -0.1) is 0 Å². The summed E-state index contributed by atoms with van der Waals surface area (Å²) in [5, 5.41) is 13.4. The first-order valence-corrected chi connectivity index (χ1v) is 6.27. The highest BCUT2D eigenvalue weighted by Gasteiger charge is 2.12. The highest BCUT2D eigenvalue weighted by Crippen LogP contribution is 2.21. The first kappa shape index (κ1) is 13.1. The van der Waals surface area contributed by atoms with E-state index >= 15 is 0 Å². The van der Waals surface area contributed by atoms with Gasteiger partial charge in [-0.3, -0.25) is 0 Å². The fourth-order valence-corrected chi connectivity index (χ4v) is 1.99. The number of carboxylic acids is 1. The van der Waals surface area contributed by atoms with Crippen LogP contribution in [0.4, 0.5) is 5.69 Å². The number of carboxylic acid groups (broad SMARTS) is 1. The largest absolute Gasteiger partial charge is 0.478 e. The molecule has 19 heavy (non-hydrogen) atoms. The minimum absolute atomic E-state index is 0.183. The van der Waals surface area contributed by atoms with Crippen LogP contribution in [0.2, 0.25) is 0 Å². The lowest BCUT2D eigenvalue weighted by Crippen LogP contribution is -2.07. The molecule has 0 radical (unpaired) electrons. The zero-order valence-electron chi connectivity index (χ0n) is 11.1. The van der Waals surface area contributed by atoms with Gasteiger partial charge in [-0.05, 0) is 37.1 Å². The van der Waals surface area contributed by atoms with E-state index in [0.29, 0.717) is 5.69 Å². The molecule has 100 valence electrons. The molecule has 0 amide bonds. The summed E-state index contributed by atoms with van der Waals surface area (Å²) in [6.45, 7) is 4.09. The molecule has 0 aliphatic carbocycles. The third-order valence-corrected chi connectivity index (χ3v) is 3.06. The van der Waals surface area contributed by atoms with Crippen molar-refractivity contribution < 1.29 is 9.90 Å². The molecule has 2 rings (SSSR count). The number of aromatic carboxylic acids is 1. The molecule has 0 aliphatic heterocycles. The maximum absolute atomic E-state index is 10.9. The monoisotopic (exact) mass is 259 g/mol. The molecule has 0 spiro atoms. The molecule has 0 fully saturated rings. The third kappa shape index (κ3) is 2.45. The molecular weight excluding hydrogens is 242 g/mol. The van der Waals surface area contributed by atoms with E-state index in [0.717, 1.165) is 29.9 Å². The number of hydrogen-bond acceptors (Lipinski definition) is 3. The minimum atomic E-state index is -0.983. The lowest BCUT2D eigenvalue weighted by Gasteiger charge is -2.09. The van der Waals surface area contributed by atoms with Crippen molar-refractivity contribution in [3.8, 4) is 5.69 Å². The Bertz CT molecular complexity index is 617. The minimum Gasteiger partial charge on any atom is -0.478 e. The van der Waals surface area contributed by atoms with Crippen molar-refractivity contribution in [3.63, 3.8) is 0 Å². The fraction of sp³-hybridized carbons (Fsp3) is 0.286. The molecule has 5 heteroatoms. The van der Waals surface area contributed by atoms with Crippen molar-refractivity contribution in [3.05, 3.63) is 41.2 Å². The van der Waals surface area contributed by atoms with E-state index in [2.05, 4.69) is 12.0 Å². The number of aromatic nitrogens is 2. The average molecular weight is 259 g/mol. The van der Waals surface area contributed by atoms with Gasteiger partial charge in [0.25, 0.3) is 0 Å². The number of carbonyl (C=O) groups is 1. The number of benzene rings is 1. The summed E-state index contributed by atoms with van der Waals surface area (Å²) in [7, 11) is 0. The van der Waals surface area contributed by atoms with Crippen LogP contribution in [-0.4, -0.2) is 20.9 Å². The van der Waals surface area contributed by atoms with Gasteiger partial charge in [0.2, 0.25) is 0 Å². The van der Waals surface area contributed by atoms with Crippen LogP contribution in [0.3, 0.4) is 0 Å². The molecule has 1 aromatic heterocycles. The van der Waals surface area contributed by atoms with E-state index in [4.69, 9.17) is 10.8 Å². The van der Waals surface area contributed by atoms with E-state index < -0.39 is 5.97 Å². The number of hydrogen-bond donors (Lipinski definition) is 2. The van der Waals surface area contributed by atoms with Gasteiger partial charge >= 0.3 is 5.97 Å². The Kier molecular flexibility index (Phi) is 3.55. The van der Waals surface area contributed by atoms with E-state index in [9.17, 15) is 4.79 Å². The Hall–Kier alpha value is -2.30. The quantitative estimate of drug-likeness (QED) is 0.825. The number of rotatable bonds is 4. The van der Waals surface area contributed by atoms with Gasteiger partial charge in [0.1, 0.15) is 0 Å². The van der Waals surface area contributed by atoms with Crippen molar-refractivity contribution in [1.29, 1.82) is 0 Å². The van der Waals surface area contributed by atoms with E-state index in [1.807, 2.05) is 13.0 Å². The van der Waals surface area contributed by atoms with Crippen molar-refractivity contribution >= 4 is 11.7 Å². The summed E-state index contributed by atoms with van der Waals surface area (Å²) in [6.07, 6.45) is 1.69. The summed E-state index contributed by atoms with van der Waals surface area (Å²) in [5.41, 5.74) is 9.32. The van der Waals surface area contributed by atoms with Crippen LogP contribution in [0.25, 0.3) is 5.69 Å². The maximum Gasteiger partial charge on any atom is 0.335 e. The zero-order chi connectivity index (χ0) is 14.0. The van der Waals surface area contributed by atoms with Gasteiger partial charge < -0.3 is 10.8 Å².